The number of aryl methyl sites for hydroxylation is 1. The fourth-order valence-electron chi connectivity index (χ4n) is 1.94. The lowest BCUT2D eigenvalue weighted by molar-refractivity contribution is -0.123. The molecule has 0 aromatic heterocycles. The number of benzene rings is 2. The molecule has 126 valence electrons. The zero-order chi connectivity index (χ0) is 17.7. The second-order valence-corrected chi connectivity index (χ2v) is 7.27. The highest BCUT2D eigenvalue weighted by Crippen LogP contribution is 2.32. The first-order chi connectivity index (χ1) is 11.4. The van der Waals surface area contributed by atoms with Crippen LogP contribution in [0, 0.1) is 6.92 Å². The summed E-state index contributed by atoms with van der Waals surface area (Å²) >= 11 is 12.7. The molecule has 0 bridgehead atoms. The smallest absolute Gasteiger partial charge is 0.277 e. The first kappa shape index (κ1) is 19.0. The number of ether oxygens (including phenoxy) is 1. The molecule has 0 saturated heterocycles. The Morgan fingerprint density at radius 3 is 2.54 bits per heavy atom. The van der Waals surface area contributed by atoms with Gasteiger partial charge in [-0.2, -0.15) is 5.10 Å². The van der Waals surface area contributed by atoms with Crippen molar-refractivity contribution < 1.29 is 9.53 Å². The number of nitrogens with zero attached hydrogens (tertiary/aromatic N) is 1. The molecule has 7 heteroatoms. The van der Waals surface area contributed by atoms with Crippen LogP contribution >= 0.6 is 43.5 Å². The Hall–Kier alpha value is -1.37. The fourth-order valence-corrected chi connectivity index (χ4v) is 3.62. The van der Waals surface area contributed by atoms with E-state index in [4.69, 9.17) is 16.3 Å². The molecule has 2 rings (SSSR count). The molecule has 0 heterocycles. The normalized spacial score (nSPS) is 11.3. The maximum atomic E-state index is 11.9. The van der Waals surface area contributed by atoms with Crippen molar-refractivity contribution >= 4 is 55.1 Å². The van der Waals surface area contributed by atoms with Gasteiger partial charge in [0.25, 0.3) is 5.91 Å². The summed E-state index contributed by atoms with van der Waals surface area (Å²) in [4.78, 5) is 11.9. The predicted molar refractivity (Wildman–Crippen MR) is 104 cm³/mol. The van der Waals surface area contributed by atoms with E-state index in [9.17, 15) is 4.79 Å². The minimum atomic E-state index is -0.336. The molecule has 0 radical (unpaired) electrons. The van der Waals surface area contributed by atoms with Gasteiger partial charge in [-0.25, -0.2) is 5.43 Å². The number of carbonyl (C=O) groups is 1. The molecule has 0 aliphatic carbocycles. The van der Waals surface area contributed by atoms with Gasteiger partial charge in [-0.3, -0.25) is 4.79 Å². The van der Waals surface area contributed by atoms with Crippen LogP contribution in [0.5, 0.6) is 5.75 Å². The average molecular weight is 475 g/mol. The van der Waals surface area contributed by atoms with Crippen LogP contribution in [0.3, 0.4) is 0 Å². The molecule has 2 aromatic carbocycles. The van der Waals surface area contributed by atoms with Gasteiger partial charge in [-0.15, -0.1) is 0 Å². The average Bonchev–Trinajstić information content (AvgIpc) is 2.52. The first-order valence-corrected chi connectivity index (χ1v) is 9.00. The molecule has 0 unspecified atom stereocenters. The van der Waals surface area contributed by atoms with Crippen LogP contribution in [0.25, 0.3) is 0 Å². The lowest BCUT2D eigenvalue weighted by Crippen LogP contribution is -2.25. The topological polar surface area (TPSA) is 50.7 Å². The Morgan fingerprint density at radius 1 is 1.25 bits per heavy atom. The van der Waals surface area contributed by atoms with Crippen molar-refractivity contribution in [3.05, 3.63) is 61.5 Å². The number of hydrazone groups is 1. The quantitative estimate of drug-likeness (QED) is 0.485. The van der Waals surface area contributed by atoms with Crippen molar-refractivity contribution in [1.29, 1.82) is 0 Å². The Morgan fingerprint density at radius 2 is 1.92 bits per heavy atom. The van der Waals surface area contributed by atoms with E-state index in [1.807, 2.05) is 31.2 Å². The lowest BCUT2D eigenvalue weighted by Gasteiger charge is -2.11. The van der Waals surface area contributed by atoms with Crippen molar-refractivity contribution in [3.8, 4) is 5.75 Å². The van der Waals surface area contributed by atoms with E-state index in [0.29, 0.717) is 16.5 Å². The van der Waals surface area contributed by atoms with E-state index < -0.39 is 0 Å². The summed E-state index contributed by atoms with van der Waals surface area (Å²) < 4.78 is 7.29. The van der Waals surface area contributed by atoms with Crippen LogP contribution in [-0.2, 0) is 4.79 Å². The second kappa shape index (κ2) is 8.65. The maximum absolute atomic E-state index is 11.9. The fraction of sp³-hybridized carbons (Fsp3) is 0.176. The molecule has 0 atom stereocenters. The Balaban J connectivity index is 1.94. The molecule has 0 saturated carbocycles. The Labute approximate surface area is 162 Å². The van der Waals surface area contributed by atoms with E-state index in [1.165, 1.54) is 0 Å². The van der Waals surface area contributed by atoms with Crippen LogP contribution in [0.2, 0.25) is 5.02 Å². The highest BCUT2D eigenvalue weighted by Gasteiger charge is 2.09. The summed E-state index contributed by atoms with van der Waals surface area (Å²) in [6.45, 7) is 3.59. The van der Waals surface area contributed by atoms with Gasteiger partial charge in [0.1, 0.15) is 5.75 Å². The number of hydrogen-bond donors (Lipinski definition) is 1. The molecular weight excluding hydrogens is 459 g/mol. The van der Waals surface area contributed by atoms with Gasteiger partial charge in [0.05, 0.1) is 10.2 Å². The monoisotopic (exact) mass is 472 g/mol. The second-order valence-electron chi connectivity index (χ2n) is 5.06. The molecule has 1 N–H and O–H groups in total. The van der Waals surface area contributed by atoms with Gasteiger partial charge >= 0.3 is 0 Å². The maximum Gasteiger partial charge on any atom is 0.277 e. The van der Waals surface area contributed by atoms with E-state index in [0.717, 1.165) is 20.1 Å². The summed E-state index contributed by atoms with van der Waals surface area (Å²) in [5.74, 6) is 0.296. The van der Waals surface area contributed by atoms with Crippen LogP contribution in [0.4, 0.5) is 0 Å². The molecule has 0 aliphatic heterocycles. The zero-order valence-corrected chi connectivity index (χ0v) is 17.0. The predicted octanol–water partition coefficient (Wildman–Crippen LogP) is 5.09. The Kier molecular flexibility index (Phi) is 6.83. The van der Waals surface area contributed by atoms with Crippen molar-refractivity contribution in [2.45, 2.75) is 13.8 Å². The van der Waals surface area contributed by atoms with Gasteiger partial charge in [0, 0.05) is 9.50 Å². The SMILES string of the molecule is CC(=NNC(=O)COc1c(C)cc(Br)cc1Br)c1ccc(Cl)cc1. The minimum absolute atomic E-state index is 0.127. The number of carbonyl (C=O) groups excluding carboxylic acids is 1. The first-order valence-electron chi connectivity index (χ1n) is 7.04. The van der Waals surface area contributed by atoms with Gasteiger partial charge < -0.3 is 4.74 Å². The molecule has 0 spiro atoms. The molecular formula is C17H15Br2ClN2O2. The van der Waals surface area contributed by atoms with Crippen LogP contribution in [0.1, 0.15) is 18.1 Å². The summed E-state index contributed by atoms with van der Waals surface area (Å²) in [7, 11) is 0. The van der Waals surface area contributed by atoms with E-state index in [2.05, 4.69) is 42.4 Å². The van der Waals surface area contributed by atoms with E-state index in [-0.39, 0.29) is 12.5 Å². The number of nitrogens with one attached hydrogen (secondary N) is 1. The van der Waals surface area contributed by atoms with Gasteiger partial charge in [0.2, 0.25) is 0 Å². The number of hydrogen-bond acceptors (Lipinski definition) is 3. The highest BCUT2D eigenvalue weighted by atomic mass is 79.9. The summed E-state index contributed by atoms with van der Waals surface area (Å²) in [5.41, 5.74) is 4.97. The number of amides is 1. The van der Waals surface area contributed by atoms with Crippen molar-refractivity contribution in [2.75, 3.05) is 6.61 Å². The standard InChI is InChI=1S/C17H15Br2ClN2O2/c1-10-7-13(18)8-15(19)17(10)24-9-16(23)22-21-11(2)12-3-5-14(20)6-4-12/h3-8H,9H2,1-2H3,(H,22,23). The summed E-state index contributed by atoms with van der Waals surface area (Å²) in [6, 6.07) is 11.0. The molecule has 0 aliphatic rings. The Bertz CT molecular complexity index is 754. The number of halogens is 3. The van der Waals surface area contributed by atoms with Crippen LogP contribution < -0.4 is 10.2 Å². The van der Waals surface area contributed by atoms with Gasteiger partial charge in [0.15, 0.2) is 6.61 Å². The highest BCUT2D eigenvalue weighted by molar-refractivity contribution is 9.11. The summed E-state index contributed by atoms with van der Waals surface area (Å²) in [6.07, 6.45) is 0. The zero-order valence-electron chi connectivity index (χ0n) is 13.1. The minimum Gasteiger partial charge on any atom is -0.482 e. The van der Waals surface area contributed by atoms with E-state index >= 15 is 0 Å². The van der Waals surface area contributed by atoms with E-state index in [1.54, 1.807) is 19.1 Å². The van der Waals surface area contributed by atoms with Gasteiger partial charge in [-0.05, 0) is 65.2 Å². The summed E-state index contributed by atoms with van der Waals surface area (Å²) in [5, 5.41) is 4.72. The van der Waals surface area contributed by atoms with Crippen molar-refractivity contribution in [3.63, 3.8) is 0 Å². The third kappa shape index (κ3) is 5.33. The third-order valence-electron chi connectivity index (χ3n) is 3.15. The van der Waals surface area contributed by atoms with Crippen LogP contribution in [-0.4, -0.2) is 18.2 Å². The van der Waals surface area contributed by atoms with Gasteiger partial charge in [-0.1, -0.05) is 39.7 Å². The molecule has 1 amide bonds. The molecule has 24 heavy (non-hydrogen) atoms. The van der Waals surface area contributed by atoms with Crippen molar-refractivity contribution in [2.24, 2.45) is 5.10 Å². The van der Waals surface area contributed by atoms with Crippen LogP contribution in [0.15, 0.2) is 50.4 Å². The largest absolute Gasteiger partial charge is 0.482 e. The molecule has 4 nitrogen and oxygen atoms in total. The lowest BCUT2D eigenvalue weighted by atomic mass is 10.1. The molecule has 0 fully saturated rings. The molecule has 2 aromatic rings. The van der Waals surface area contributed by atoms with Crippen molar-refractivity contribution in [1.82, 2.24) is 5.43 Å². The number of rotatable bonds is 5. The third-order valence-corrected chi connectivity index (χ3v) is 4.45.